The Bertz CT molecular complexity index is 432. The average molecular weight is 408 g/mol. The summed E-state index contributed by atoms with van der Waals surface area (Å²) in [5, 5.41) is 37.1. The van der Waals surface area contributed by atoms with Gasteiger partial charge in [-0.3, -0.25) is 9.59 Å². The summed E-state index contributed by atoms with van der Waals surface area (Å²) in [5.74, 6) is -6.47. The van der Waals surface area contributed by atoms with E-state index >= 15 is 0 Å². The Morgan fingerprint density at radius 1 is 0.778 bits per heavy atom. The molecule has 0 aliphatic rings. The van der Waals surface area contributed by atoms with Crippen molar-refractivity contribution >= 4 is 77.0 Å². The molecule has 0 rings (SSSR count). The van der Waals surface area contributed by atoms with Crippen molar-refractivity contribution in [1.29, 1.82) is 0 Å². The zero-order valence-electron chi connectivity index (χ0n) is 15.1. The van der Waals surface area contributed by atoms with E-state index in [1.807, 2.05) is 0 Å². The van der Waals surface area contributed by atoms with E-state index < -0.39 is 35.8 Å². The third kappa shape index (κ3) is 14.1. The van der Waals surface area contributed by atoms with E-state index in [0.29, 0.717) is 6.42 Å². The van der Waals surface area contributed by atoms with Gasteiger partial charge in [0, 0.05) is 0 Å². The Hall–Kier alpha value is 0.370. The summed E-state index contributed by atoms with van der Waals surface area (Å²) in [7, 11) is 0. The fraction of sp³-hybridized carbons (Fsp3) is 0.833. The summed E-state index contributed by atoms with van der Waals surface area (Å²) in [6, 6.07) is 0. The molecule has 0 bridgehead atoms. The van der Waals surface area contributed by atoms with Crippen LogP contribution < -0.4 is 0 Å². The van der Waals surface area contributed by atoms with E-state index in [2.05, 4.69) is 6.92 Å². The maximum atomic E-state index is 11.3. The van der Waals surface area contributed by atoms with E-state index in [1.54, 1.807) is 0 Å². The van der Waals surface area contributed by atoms with Crippen LogP contribution in [-0.2, 0) is 14.4 Å². The van der Waals surface area contributed by atoms with Crippen LogP contribution in [0.5, 0.6) is 0 Å². The molecule has 0 amide bonds. The van der Waals surface area contributed by atoms with Gasteiger partial charge in [0.1, 0.15) is 0 Å². The number of hydrogen-bond acceptors (Lipinski definition) is 4. The molecule has 7 nitrogen and oxygen atoms in total. The third-order valence-corrected chi connectivity index (χ3v) is 4.51. The molecule has 0 aromatic heterocycles. The van der Waals surface area contributed by atoms with Crippen LogP contribution >= 0.6 is 0 Å². The molecule has 0 aliphatic heterocycles. The van der Waals surface area contributed by atoms with Gasteiger partial charge in [-0.15, -0.1) is 0 Å². The zero-order chi connectivity index (χ0) is 19.3. The summed E-state index contributed by atoms with van der Waals surface area (Å²) >= 11 is 0. The second-order valence-corrected chi connectivity index (χ2v) is 6.66. The van der Waals surface area contributed by atoms with Crippen LogP contribution in [0.3, 0.4) is 0 Å². The van der Waals surface area contributed by atoms with Crippen molar-refractivity contribution < 1.29 is 34.8 Å². The van der Waals surface area contributed by atoms with Crippen LogP contribution in [0.25, 0.3) is 0 Å². The van der Waals surface area contributed by atoms with Gasteiger partial charge in [0.2, 0.25) is 0 Å². The first-order valence-corrected chi connectivity index (χ1v) is 9.16. The fourth-order valence-electron chi connectivity index (χ4n) is 2.98. The molecule has 2 unspecified atom stereocenters. The predicted octanol–water partition coefficient (Wildman–Crippen LogP) is 1.99. The van der Waals surface area contributed by atoms with Crippen LogP contribution in [0.15, 0.2) is 0 Å². The van der Waals surface area contributed by atoms with E-state index in [-0.39, 0.29) is 65.5 Å². The molecule has 27 heavy (non-hydrogen) atoms. The molecule has 0 radical (unpaired) electrons. The SMILES string of the molecule is CCCCCCCCCCCCC(C(=O)O)C(O)(CC(=O)O)C(=O)O.[NaH].[NaH]. The van der Waals surface area contributed by atoms with Crippen molar-refractivity contribution in [3.63, 3.8) is 0 Å². The van der Waals surface area contributed by atoms with Gasteiger partial charge < -0.3 is 20.4 Å². The molecule has 0 saturated heterocycles. The molecule has 0 fully saturated rings. The Morgan fingerprint density at radius 3 is 1.52 bits per heavy atom. The number of carbonyl (C=O) groups is 3. The van der Waals surface area contributed by atoms with Gasteiger partial charge >= 0.3 is 77.0 Å². The van der Waals surface area contributed by atoms with Crippen molar-refractivity contribution in [2.45, 2.75) is 89.6 Å². The average Bonchev–Trinajstić information content (AvgIpc) is 2.51. The van der Waals surface area contributed by atoms with E-state index in [4.69, 9.17) is 10.2 Å². The van der Waals surface area contributed by atoms with Gasteiger partial charge in [-0.25, -0.2) is 4.79 Å². The molecular formula is C18H34Na2O7. The van der Waals surface area contributed by atoms with Gasteiger partial charge in [-0.2, -0.15) is 0 Å². The van der Waals surface area contributed by atoms with Gasteiger partial charge in [-0.1, -0.05) is 71.1 Å². The molecule has 9 heteroatoms. The molecule has 150 valence electrons. The third-order valence-electron chi connectivity index (χ3n) is 4.51. The van der Waals surface area contributed by atoms with E-state index in [1.165, 1.54) is 32.1 Å². The molecule has 4 N–H and O–H groups in total. The topological polar surface area (TPSA) is 132 Å². The Balaban J connectivity index is -0.00000288. The molecule has 0 aliphatic carbocycles. The molecule has 0 saturated carbocycles. The summed E-state index contributed by atoms with van der Waals surface area (Å²) in [6.45, 7) is 2.17. The second-order valence-electron chi connectivity index (χ2n) is 6.66. The van der Waals surface area contributed by atoms with Crippen molar-refractivity contribution in [3.8, 4) is 0 Å². The van der Waals surface area contributed by atoms with Gasteiger partial charge in [0.15, 0.2) is 5.60 Å². The van der Waals surface area contributed by atoms with E-state index in [9.17, 15) is 24.6 Å². The summed E-state index contributed by atoms with van der Waals surface area (Å²) in [4.78, 5) is 33.3. The molecule has 0 spiro atoms. The van der Waals surface area contributed by atoms with Crippen molar-refractivity contribution in [3.05, 3.63) is 0 Å². The number of carboxylic acids is 3. The number of rotatable bonds is 16. The maximum absolute atomic E-state index is 11.3. The first-order chi connectivity index (χ1) is 11.8. The fourth-order valence-corrected chi connectivity index (χ4v) is 2.98. The quantitative estimate of drug-likeness (QED) is 0.227. The first-order valence-electron chi connectivity index (χ1n) is 9.16. The van der Waals surface area contributed by atoms with Crippen LogP contribution in [0.2, 0.25) is 0 Å². The van der Waals surface area contributed by atoms with Gasteiger partial charge in [-0.05, 0) is 6.42 Å². The zero-order valence-corrected chi connectivity index (χ0v) is 15.1. The first kappa shape index (κ1) is 32.0. The monoisotopic (exact) mass is 408 g/mol. The van der Waals surface area contributed by atoms with Crippen LogP contribution in [0.4, 0.5) is 0 Å². The second kappa shape index (κ2) is 18.4. The van der Waals surface area contributed by atoms with Crippen LogP contribution in [0.1, 0.15) is 84.0 Å². The normalized spacial score (nSPS) is 13.6. The summed E-state index contributed by atoms with van der Waals surface area (Å²) < 4.78 is 0. The molecule has 2 atom stereocenters. The van der Waals surface area contributed by atoms with E-state index in [0.717, 1.165) is 25.7 Å². The van der Waals surface area contributed by atoms with Crippen molar-refractivity contribution in [2.75, 3.05) is 0 Å². The minimum absolute atomic E-state index is 0. The Labute approximate surface area is 205 Å². The number of unbranched alkanes of at least 4 members (excludes halogenated alkanes) is 9. The number of aliphatic hydroxyl groups is 1. The van der Waals surface area contributed by atoms with Crippen molar-refractivity contribution in [1.82, 2.24) is 0 Å². The Kier molecular flexibility index (Phi) is 21.8. The molecule has 0 aromatic carbocycles. The molecule has 0 heterocycles. The Morgan fingerprint density at radius 2 is 1.19 bits per heavy atom. The van der Waals surface area contributed by atoms with Gasteiger partial charge in [0.05, 0.1) is 12.3 Å². The number of aliphatic carboxylic acids is 3. The van der Waals surface area contributed by atoms with Crippen LogP contribution in [0, 0.1) is 5.92 Å². The number of hydrogen-bond donors (Lipinski definition) is 4. The predicted molar refractivity (Wildman–Crippen MR) is 107 cm³/mol. The molecular weight excluding hydrogens is 374 g/mol. The van der Waals surface area contributed by atoms with Crippen LogP contribution in [-0.4, -0.2) is 103 Å². The summed E-state index contributed by atoms with van der Waals surface area (Å²) in [6.07, 6.45) is 9.26. The molecule has 0 aromatic rings. The van der Waals surface area contributed by atoms with Gasteiger partial charge in [0.25, 0.3) is 0 Å². The standard InChI is InChI=1S/C18H32O7.2Na.2H/c1-2-3-4-5-6-7-8-9-10-11-12-14(16(21)22)18(25,17(23)24)13-15(19)20;;;;/h14,25H,2-13H2,1H3,(H,19,20)(H,21,22)(H,23,24);;;;. The van der Waals surface area contributed by atoms with Crippen molar-refractivity contribution in [2.24, 2.45) is 5.92 Å². The number of carboxylic acid groups (broad SMARTS) is 3. The summed E-state index contributed by atoms with van der Waals surface area (Å²) in [5.41, 5.74) is -2.78. The minimum atomic E-state index is -2.78.